The molecule has 100 valence electrons. The number of nitrogens with zero attached hydrogens (tertiary/aromatic N) is 2. The number of hydrogen-bond acceptors (Lipinski definition) is 4. The molecule has 3 nitrogen and oxygen atoms in total. The van der Waals surface area contributed by atoms with E-state index in [9.17, 15) is 4.39 Å². The Balaban J connectivity index is 1.89. The molecule has 2 heterocycles. The van der Waals surface area contributed by atoms with Crippen LogP contribution in [0.1, 0.15) is 0 Å². The molecular formula is C13H13BrFN3S. The molecule has 1 saturated heterocycles. The lowest BCUT2D eigenvalue weighted by Crippen LogP contribution is -2.43. The second-order valence-corrected chi connectivity index (χ2v) is 6.13. The van der Waals surface area contributed by atoms with Crippen molar-refractivity contribution in [2.75, 3.05) is 31.1 Å². The Hall–Kier alpha value is -0.980. The van der Waals surface area contributed by atoms with Gasteiger partial charge >= 0.3 is 0 Å². The van der Waals surface area contributed by atoms with E-state index in [2.05, 4.69) is 31.1 Å². The maximum Gasteiger partial charge on any atom is 0.185 e. The first-order valence-electron chi connectivity index (χ1n) is 6.10. The van der Waals surface area contributed by atoms with E-state index in [0.29, 0.717) is 11.3 Å². The van der Waals surface area contributed by atoms with Gasteiger partial charge in [-0.3, -0.25) is 0 Å². The summed E-state index contributed by atoms with van der Waals surface area (Å²) < 4.78 is 14.7. The Bertz CT molecular complexity index is 581. The summed E-state index contributed by atoms with van der Waals surface area (Å²) in [6.07, 6.45) is 0. The number of nitrogens with one attached hydrogen (secondary N) is 1. The maximum atomic E-state index is 13.8. The highest BCUT2D eigenvalue weighted by Crippen LogP contribution is 2.30. The molecule has 6 heteroatoms. The number of anilines is 1. The first-order chi connectivity index (χ1) is 9.24. The molecule has 2 aromatic rings. The summed E-state index contributed by atoms with van der Waals surface area (Å²) in [5, 5.41) is 6.20. The third-order valence-corrected chi connectivity index (χ3v) is 4.48. The summed E-state index contributed by atoms with van der Waals surface area (Å²) >= 11 is 4.94. The lowest BCUT2D eigenvalue weighted by molar-refractivity contribution is 0.588. The Morgan fingerprint density at radius 1 is 1.32 bits per heavy atom. The predicted octanol–water partition coefficient (Wildman–Crippen LogP) is 3.12. The van der Waals surface area contributed by atoms with Gasteiger partial charge in [-0.1, -0.05) is 15.9 Å². The second kappa shape index (κ2) is 5.56. The van der Waals surface area contributed by atoms with Gasteiger partial charge in [-0.2, -0.15) is 0 Å². The van der Waals surface area contributed by atoms with E-state index in [1.54, 1.807) is 23.5 Å². The summed E-state index contributed by atoms with van der Waals surface area (Å²) in [6.45, 7) is 3.85. The number of aromatic nitrogens is 1. The van der Waals surface area contributed by atoms with Crippen LogP contribution in [0.15, 0.2) is 28.1 Å². The number of piperazine rings is 1. The minimum atomic E-state index is -0.236. The van der Waals surface area contributed by atoms with Gasteiger partial charge in [0.2, 0.25) is 0 Å². The number of halogens is 2. The van der Waals surface area contributed by atoms with Crippen LogP contribution in [0.3, 0.4) is 0 Å². The van der Waals surface area contributed by atoms with Gasteiger partial charge in [0.15, 0.2) is 5.13 Å². The summed E-state index contributed by atoms with van der Waals surface area (Å²) in [7, 11) is 0. The normalized spacial score (nSPS) is 15.8. The van der Waals surface area contributed by atoms with Crippen LogP contribution >= 0.6 is 27.3 Å². The van der Waals surface area contributed by atoms with E-state index >= 15 is 0 Å². The molecule has 0 saturated carbocycles. The quantitative estimate of drug-likeness (QED) is 0.909. The molecule has 0 amide bonds. The van der Waals surface area contributed by atoms with Crippen LogP contribution in [0, 0.1) is 5.82 Å². The minimum Gasteiger partial charge on any atom is -0.346 e. The summed E-state index contributed by atoms with van der Waals surface area (Å²) in [6, 6.07) is 4.93. The van der Waals surface area contributed by atoms with E-state index in [4.69, 9.17) is 0 Å². The Morgan fingerprint density at radius 2 is 2.11 bits per heavy atom. The molecule has 3 rings (SSSR count). The lowest BCUT2D eigenvalue weighted by Gasteiger charge is -2.26. The molecule has 0 bridgehead atoms. The molecule has 1 aromatic carbocycles. The van der Waals surface area contributed by atoms with Crippen LogP contribution in [0.25, 0.3) is 11.3 Å². The Labute approximate surface area is 123 Å². The van der Waals surface area contributed by atoms with E-state index in [1.807, 2.05) is 5.38 Å². The number of thiazole rings is 1. The molecular weight excluding hydrogens is 329 g/mol. The fourth-order valence-corrected chi connectivity index (χ4v) is 3.32. The van der Waals surface area contributed by atoms with E-state index in [1.165, 1.54) is 6.07 Å². The first kappa shape index (κ1) is 13.0. The fraction of sp³-hybridized carbons (Fsp3) is 0.308. The van der Waals surface area contributed by atoms with Gasteiger partial charge in [0, 0.05) is 41.6 Å². The van der Waals surface area contributed by atoms with Crippen LogP contribution in [0.5, 0.6) is 0 Å². The zero-order chi connectivity index (χ0) is 13.2. The van der Waals surface area contributed by atoms with Crippen molar-refractivity contribution in [3.63, 3.8) is 0 Å². The van der Waals surface area contributed by atoms with Crippen molar-refractivity contribution in [3.05, 3.63) is 33.9 Å². The van der Waals surface area contributed by atoms with Gasteiger partial charge in [0.05, 0.1) is 5.69 Å². The van der Waals surface area contributed by atoms with Crippen LogP contribution < -0.4 is 10.2 Å². The predicted molar refractivity (Wildman–Crippen MR) is 80.3 cm³/mol. The monoisotopic (exact) mass is 341 g/mol. The van der Waals surface area contributed by atoms with Crippen molar-refractivity contribution in [2.24, 2.45) is 0 Å². The molecule has 1 fully saturated rings. The van der Waals surface area contributed by atoms with Gasteiger partial charge in [0.25, 0.3) is 0 Å². The maximum absolute atomic E-state index is 13.8. The average Bonchev–Trinajstić information content (AvgIpc) is 2.92. The minimum absolute atomic E-state index is 0.236. The molecule has 0 radical (unpaired) electrons. The van der Waals surface area contributed by atoms with E-state index in [-0.39, 0.29) is 5.82 Å². The van der Waals surface area contributed by atoms with Crippen molar-refractivity contribution in [3.8, 4) is 11.3 Å². The van der Waals surface area contributed by atoms with E-state index < -0.39 is 0 Å². The lowest BCUT2D eigenvalue weighted by atomic mass is 10.2. The summed E-state index contributed by atoms with van der Waals surface area (Å²) in [4.78, 5) is 6.80. The molecule has 1 N–H and O–H groups in total. The van der Waals surface area contributed by atoms with Gasteiger partial charge in [-0.05, 0) is 18.2 Å². The van der Waals surface area contributed by atoms with Crippen molar-refractivity contribution in [1.82, 2.24) is 10.3 Å². The Kier molecular flexibility index (Phi) is 3.81. The van der Waals surface area contributed by atoms with Crippen LogP contribution in [0.2, 0.25) is 0 Å². The molecule has 1 aliphatic rings. The molecule has 1 aromatic heterocycles. The van der Waals surface area contributed by atoms with Crippen LogP contribution in [0.4, 0.5) is 9.52 Å². The van der Waals surface area contributed by atoms with Gasteiger partial charge in [-0.15, -0.1) is 11.3 Å². The van der Waals surface area contributed by atoms with Crippen molar-refractivity contribution in [2.45, 2.75) is 0 Å². The SMILES string of the molecule is Fc1ccc(Br)cc1-c1csc(N2CCNCC2)n1. The van der Waals surface area contributed by atoms with Crippen molar-refractivity contribution < 1.29 is 4.39 Å². The Morgan fingerprint density at radius 3 is 2.89 bits per heavy atom. The fourth-order valence-electron chi connectivity index (χ4n) is 2.08. The van der Waals surface area contributed by atoms with Gasteiger partial charge in [0.1, 0.15) is 5.82 Å². The standard InChI is InChI=1S/C13H13BrFN3S/c14-9-1-2-11(15)10(7-9)12-8-19-13(17-12)18-5-3-16-4-6-18/h1-2,7-8,16H,3-6H2. The van der Waals surface area contributed by atoms with Crippen LogP contribution in [-0.2, 0) is 0 Å². The second-order valence-electron chi connectivity index (χ2n) is 4.38. The number of rotatable bonds is 2. The third-order valence-electron chi connectivity index (χ3n) is 3.08. The molecule has 19 heavy (non-hydrogen) atoms. The molecule has 1 aliphatic heterocycles. The zero-order valence-corrected chi connectivity index (χ0v) is 12.6. The van der Waals surface area contributed by atoms with E-state index in [0.717, 1.165) is 35.8 Å². The average molecular weight is 342 g/mol. The summed E-state index contributed by atoms with van der Waals surface area (Å²) in [5.41, 5.74) is 1.25. The first-order valence-corrected chi connectivity index (χ1v) is 7.78. The smallest absolute Gasteiger partial charge is 0.185 e. The highest BCUT2D eigenvalue weighted by atomic mass is 79.9. The van der Waals surface area contributed by atoms with Gasteiger partial charge < -0.3 is 10.2 Å². The largest absolute Gasteiger partial charge is 0.346 e. The van der Waals surface area contributed by atoms with Crippen molar-refractivity contribution in [1.29, 1.82) is 0 Å². The molecule has 0 spiro atoms. The molecule has 0 aliphatic carbocycles. The third kappa shape index (κ3) is 2.80. The number of hydrogen-bond donors (Lipinski definition) is 1. The molecule has 0 atom stereocenters. The molecule has 0 unspecified atom stereocenters. The highest BCUT2D eigenvalue weighted by Gasteiger charge is 2.16. The van der Waals surface area contributed by atoms with Gasteiger partial charge in [-0.25, -0.2) is 9.37 Å². The summed E-state index contributed by atoms with van der Waals surface area (Å²) in [5.74, 6) is -0.236. The van der Waals surface area contributed by atoms with Crippen LogP contribution in [-0.4, -0.2) is 31.2 Å². The van der Waals surface area contributed by atoms with Crippen molar-refractivity contribution >= 4 is 32.4 Å². The number of benzene rings is 1. The highest BCUT2D eigenvalue weighted by molar-refractivity contribution is 9.10. The zero-order valence-electron chi connectivity index (χ0n) is 10.2. The topological polar surface area (TPSA) is 28.2 Å².